The van der Waals surface area contributed by atoms with Crippen molar-refractivity contribution < 1.29 is 13.2 Å². The molecule has 0 amide bonds. The smallest absolute Gasteiger partial charge is 0.263 e. The minimum atomic E-state index is -3.66. The lowest BCUT2D eigenvalue weighted by molar-refractivity contribution is 0.415. The summed E-state index contributed by atoms with van der Waals surface area (Å²) >= 11 is 1.28. The van der Waals surface area contributed by atoms with E-state index in [9.17, 15) is 8.42 Å². The molecule has 7 heteroatoms. The first-order chi connectivity index (χ1) is 10.9. The summed E-state index contributed by atoms with van der Waals surface area (Å²) in [6.45, 7) is 3.64. The van der Waals surface area contributed by atoms with Crippen LogP contribution in [0.5, 0.6) is 5.75 Å². The van der Waals surface area contributed by atoms with Crippen LogP contribution in [0.1, 0.15) is 11.1 Å². The van der Waals surface area contributed by atoms with Gasteiger partial charge < -0.3 is 4.74 Å². The molecular weight excluding hydrogens is 332 g/mol. The highest BCUT2D eigenvalue weighted by atomic mass is 32.2. The molecule has 0 radical (unpaired) electrons. The third-order valence-electron chi connectivity index (χ3n) is 3.45. The van der Waals surface area contributed by atoms with Gasteiger partial charge in [-0.25, -0.2) is 13.4 Å². The number of rotatable bonds is 4. The second-order valence-corrected chi connectivity index (χ2v) is 7.91. The minimum Gasteiger partial charge on any atom is -0.497 e. The lowest BCUT2D eigenvalue weighted by Gasteiger charge is -2.08. The third kappa shape index (κ3) is 3.16. The van der Waals surface area contributed by atoms with Crippen molar-refractivity contribution >= 4 is 36.7 Å². The lowest BCUT2D eigenvalue weighted by atomic mass is 10.2. The number of nitrogens with zero attached hydrogens (tertiary/aromatic N) is 1. The number of hydrogen-bond donors (Lipinski definition) is 1. The normalized spacial score (nSPS) is 11.6. The molecule has 0 aliphatic rings. The van der Waals surface area contributed by atoms with E-state index in [1.165, 1.54) is 11.3 Å². The molecule has 1 aromatic heterocycles. The summed E-state index contributed by atoms with van der Waals surface area (Å²) in [6.07, 6.45) is 0. The van der Waals surface area contributed by atoms with Crippen LogP contribution in [-0.2, 0) is 10.0 Å². The van der Waals surface area contributed by atoms with Gasteiger partial charge in [0.2, 0.25) is 0 Å². The van der Waals surface area contributed by atoms with Crippen molar-refractivity contribution in [1.82, 2.24) is 4.98 Å². The molecule has 3 aromatic rings. The topological polar surface area (TPSA) is 68.3 Å². The average Bonchev–Trinajstić information content (AvgIpc) is 2.89. The van der Waals surface area contributed by atoms with Gasteiger partial charge >= 0.3 is 0 Å². The van der Waals surface area contributed by atoms with E-state index < -0.39 is 10.0 Å². The number of fused-ring (bicyclic) bond motifs is 1. The monoisotopic (exact) mass is 348 g/mol. The van der Waals surface area contributed by atoms with Crippen molar-refractivity contribution in [2.75, 3.05) is 11.8 Å². The molecule has 0 atom stereocenters. The van der Waals surface area contributed by atoms with Crippen molar-refractivity contribution in [1.29, 1.82) is 0 Å². The molecule has 0 saturated carbocycles. The fraction of sp³-hybridized carbons (Fsp3) is 0.188. The third-order valence-corrected chi connectivity index (χ3v) is 5.99. The Morgan fingerprint density at radius 2 is 1.91 bits per heavy atom. The second kappa shape index (κ2) is 5.82. The molecule has 23 heavy (non-hydrogen) atoms. The van der Waals surface area contributed by atoms with Gasteiger partial charge in [0.25, 0.3) is 10.0 Å². The zero-order valence-electron chi connectivity index (χ0n) is 13.0. The summed E-state index contributed by atoms with van der Waals surface area (Å²) < 4.78 is 33.8. The number of aryl methyl sites for hydroxylation is 2. The molecule has 2 aromatic carbocycles. The van der Waals surface area contributed by atoms with Crippen molar-refractivity contribution in [2.45, 2.75) is 18.7 Å². The van der Waals surface area contributed by atoms with Gasteiger partial charge in [-0.1, -0.05) is 23.5 Å². The number of sulfonamides is 1. The van der Waals surface area contributed by atoms with Crippen molar-refractivity contribution in [3.63, 3.8) is 0 Å². The van der Waals surface area contributed by atoms with E-state index in [1.54, 1.807) is 38.3 Å². The Balaban J connectivity index is 1.98. The van der Waals surface area contributed by atoms with Crippen LogP contribution in [0.3, 0.4) is 0 Å². The SMILES string of the molecule is COc1ccc2nc(NS(=O)(=O)c3cc(C)ccc3C)sc2c1. The number of nitrogens with one attached hydrogen (secondary N) is 1. The molecule has 0 aliphatic heterocycles. The molecule has 1 N–H and O–H groups in total. The molecule has 3 rings (SSSR count). The molecule has 0 spiro atoms. The Morgan fingerprint density at radius 3 is 2.65 bits per heavy atom. The first kappa shape index (κ1) is 15.8. The van der Waals surface area contributed by atoms with E-state index in [1.807, 2.05) is 19.1 Å². The fourth-order valence-corrected chi connectivity index (χ4v) is 4.70. The van der Waals surface area contributed by atoms with Crippen LogP contribution in [0.15, 0.2) is 41.3 Å². The number of hydrogen-bond acceptors (Lipinski definition) is 5. The molecule has 0 fully saturated rings. The van der Waals surface area contributed by atoms with Crippen molar-refractivity contribution in [3.05, 3.63) is 47.5 Å². The first-order valence-corrected chi connectivity index (χ1v) is 9.24. The summed E-state index contributed by atoms with van der Waals surface area (Å²) in [5, 5.41) is 0.342. The number of ether oxygens (including phenoxy) is 1. The Labute approximate surface area is 139 Å². The highest BCUT2D eigenvalue weighted by Crippen LogP contribution is 2.30. The van der Waals surface area contributed by atoms with Crippen molar-refractivity contribution in [3.8, 4) is 5.75 Å². The standard InChI is InChI=1S/C16H16N2O3S2/c1-10-4-5-11(2)15(8-10)23(19,20)18-16-17-13-7-6-12(21-3)9-14(13)22-16/h4-9H,1-3H3,(H,17,18). The zero-order chi connectivity index (χ0) is 16.6. The average molecular weight is 348 g/mol. The van der Waals surface area contributed by atoms with E-state index in [-0.39, 0.29) is 4.90 Å². The molecule has 0 unspecified atom stereocenters. The van der Waals surface area contributed by atoms with Crippen LogP contribution in [0.25, 0.3) is 10.2 Å². The number of anilines is 1. The summed E-state index contributed by atoms with van der Waals surface area (Å²) in [7, 11) is -2.07. The summed E-state index contributed by atoms with van der Waals surface area (Å²) in [6, 6.07) is 10.8. The largest absolute Gasteiger partial charge is 0.497 e. The van der Waals surface area contributed by atoms with Gasteiger partial charge in [-0.2, -0.15) is 0 Å². The van der Waals surface area contributed by atoms with Gasteiger partial charge in [0.05, 0.1) is 22.2 Å². The highest BCUT2D eigenvalue weighted by molar-refractivity contribution is 7.93. The van der Waals surface area contributed by atoms with Gasteiger partial charge in [0, 0.05) is 0 Å². The maximum Gasteiger partial charge on any atom is 0.263 e. The Hall–Kier alpha value is -2.12. The highest BCUT2D eigenvalue weighted by Gasteiger charge is 2.19. The summed E-state index contributed by atoms with van der Waals surface area (Å²) in [5.41, 5.74) is 2.32. The van der Waals surface area contributed by atoms with E-state index >= 15 is 0 Å². The molecule has 0 aliphatic carbocycles. The lowest BCUT2D eigenvalue weighted by Crippen LogP contribution is -2.14. The van der Waals surface area contributed by atoms with Crippen LogP contribution >= 0.6 is 11.3 Å². The van der Waals surface area contributed by atoms with Gasteiger partial charge in [-0.05, 0) is 49.2 Å². The summed E-state index contributed by atoms with van der Waals surface area (Å²) in [5.74, 6) is 0.713. The number of methoxy groups -OCH3 is 1. The quantitative estimate of drug-likeness (QED) is 0.780. The van der Waals surface area contributed by atoms with Crippen LogP contribution in [0.2, 0.25) is 0 Å². The van der Waals surface area contributed by atoms with Gasteiger partial charge in [0.15, 0.2) is 5.13 Å². The van der Waals surface area contributed by atoms with E-state index in [2.05, 4.69) is 9.71 Å². The van der Waals surface area contributed by atoms with E-state index in [0.29, 0.717) is 16.4 Å². The van der Waals surface area contributed by atoms with Crippen LogP contribution in [0.4, 0.5) is 5.13 Å². The van der Waals surface area contributed by atoms with Gasteiger partial charge in [0.1, 0.15) is 5.75 Å². The molecule has 0 bridgehead atoms. The molecule has 1 heterocycles. The van der Waals surface area contributed by atoms with E-state index in [4.69, 9.17) is 4.74 Å². The van der Waals surface area contributed by atoms with E-state index in [0.717, 1.165) is 15.8 Å². The first-order valence-electron chi connectivity index (χ1n) is 6.94. The van der Waals surface area contributed by atoms with Crippen LogP contribution < -0.4 is 9.46 Å². The fourth-order valence-electron chi connectivity index (χ4n) is 2.24. The maximum atomic E-state index is 12.6. The molecule has 120 valence electrons. The van der Waals surface area contributed by atoms with Gasteiger partial charge in [-0.3, -0.25) is 4.72 Å². The number of benzene rings is 2. The predicted octanol–water partition coefficient (Wildman–Crippen LogP) is 3.72. The second-order valence-electron chi connectivity index (χ2n) is 5.23. The number of thiazole rings is 1. The molecular formula is C16H16N2O3S2. The number of aromatic nitrogens is 1. The minimum absolute atomic E-state index is 0.273. The summed E-state index contributed by atoms with van der Waals surface area (Å²) in [4.78, 5) is 4.60. The Kier molecular flexibility index (Phi) is 3.99. The van der Waals surface area contributed by atoms with Gasteiger partial charge in [-0.15, -0.1) is 0 Å². The van der Waals surface area contributed by atoms with Crippen LogP contribution in [-0.4, -0.2) is 20.5 Å². The Bertz CT molecular complexity index is 978. The molecule has 0 saturated heterocycles. The Morgan fingerprint density at radius 1 is 1.13 bits per heavy atom. The van der Waals surface area contributed by atoms with Crippen molar-refractivity contribution in [2.24, 2.45) is 0 Å². The predicted molar refractivity (Wildman–Crippen MR) is 92.9 cm³/mol. The molecule has 5 nitrogen and oxygen atoms in total. The van der Waals surface area contributed by atoms with Crippen LogP contribution in [0, 0.1) is 13.8 Å². The zero-order valence-corrected chi connectivity index (χ0v) is 14.6. The maximum absolute atomic E-state index is 12.6.